The number of thiazole rings is 1. The van der Waals surface area contributed by atoms with Crippen molar-refractivity contribution in [1.29, 1.82) is 0 Å². The molecule has 1 aliphatic heterocycles. The molecule has 2 aliphatic rings. The standard InChI is InChI=1S/C20H22N4O5S/c1-20(11-4-5-11)17(26)24(19(27)23-20)9-16(25)22-18-21-14(10-30-18)13-8-12(28-2)6-7-15(13)29-3/h6-8,10-11H,4-5,9H2,1-3H3,(H,23,27)(H,21,22,25). The fourth-order valence-electron chi connectivity index (χ4n) is 3.57. The van der Waals surface area contributed by atoms with E-state index in [1.165, 1.54) is 11.3 Å². The summed E-state index contributed by atoms with van der Waals surface area (Å²) in [6, 6.07) is 4.82. The summed E-state index contributed by atoms with van der Waals surface area (Å²) in [6.45, 7) is 1.36. The molecule has 1 aliphatic carbocycles. The van der Waals surface area contributed by atoms with Crippen molar-refractivity contribution in [3.05, 3.63) is 23.6 Å². The maximum atomic E-state index is 12.7. The van der Waals surface area contributed by atoms with E-state index in [1.54, 1.807) is 44.7 Å². The number of hydrogen-bond acceptors (Lipinski definition) is 7. The normalized spacial score (nSPS) is 20.8. The number of ether oxygens (including phenoxy) is 2. The van der Waals surface area contributed by atoms with Gasteiger partial charge in [0.25, 0.3) is 5.91 Å². The van der Waals surface area contributed by atoms with Gasteiger partial charge in [-0.3, -0.25) is 14.5 Å². The highest BCUT2D eigenvalue weighted by Crippen LogP contribution is 2.42. The maximum absolute atomic E-state index is 12.7. The number of anilines is 1. The highest BCUT2D eigenvalue weighted by Gasteiger charge is 2.56. The van der Waals surface area contributed by atoms with Gasteiger partial charge in [0.1, 0.15) is 23.6 Å². The minimum atomic E-state index is -0.908. The lowest BCUT2D eigenvalue weighted by molar-refractivity contribution is -0.134. The van der Waals surface area contributed by atoms with Crippen LogP contribution in [0.15, 0.2) is 23.6 Å². The van der Waals surface area contributed by atoms with Crippen molar-refractivity contribution >= 4 is 34.3 Å². The predicted molar refractivity (Wildman–Crippen MR) is 111 cm³/mol. The average Bonchev–Trinajstić information content (AvgIpc) is 3.46. The van der Waals surface area contributed by atoms with Gasteiger partial charge in [-0.05, 0) is 43.9 Å². The number of benzene rings is 1. The van der Waals surface area contributed by atoms with Gasteiger partial charge in [0.15, 0.2) is 5.13 Å². The Morgan fingerprint density at radius 2 is 2.10 bits per heavy atom. The molecule has 1 saturated carbocycles. The van der Waals surface area contributed by atoms with Crippen LogP contribution in [0.4, 0.5) is 9.93 Å². The molecule has 1 atom stereocenters. The van der Waals surface area contributed by atoms with Crippen molar-refractivity contribution in [2.75, 3.05) is 26.1 Å². The smallest absolute Gasteiger partial charge is 0.325 e. The molecule has 1 saturated heterocycles. The summed E-state index contributed by atoms with van der Waals surface area (Å²) in [5.74, 6) is 0.573. The number of rotatable bonds is 7. The van der Waals surface area contributed by atoms with Crippen molar-refractivity contribution < 1.29 is 23.9 Å². The Balaban J connectivity index is 1.45. The molecule has 2 fully saturated rings. The third kappa shape index (κ3) is 3.58. The Kier molecular flexibility index (Phi) is 5.10. The van der Waals surface area contributed by atoms with Crippen molar-refractivity contribution in [2.45, 2.75) is 25.3 Å². The van der Waals surface area contributed by atoms with Crippen LogP contribution in [0.1, 0.15) is 19.8 Å². The van der Waals surface area contributed by atoms with E-state index in [9.17, 15) is 14.4 Å². The third-order valence-electron chi connectivity index (χ3n) is 5.43. The number of imide groups is 1. The molecular weight excluding hydrogens is 408 g/mol. The molecule has 2 N–H and O–H groups in total. The average molecular weight is 430 g/mol. The van der Waals surface area contributed by atoms with Crippen LogP contribution in [-0.2, 0) is 9.59 Å². The van der Waals surface area contributed by atoms with E-state index in [0.29, 0.717) is 22.3 Å². The molecule has 1 unspecified atom stereocenters. The summed E-state index contributed by atoms with van der Waals surface area (Å²) in [6.07, 6.45) is 1.80. The van der Waals surface area contributed by atoms with Crippen LogP contribution >= 0.6 is 11.3 Å². The van der Waals surface area contributed by atoms with Gasteiger partial charge in [0, 0.05) is 10.9 Å². The zero-order valence-corrected chi connectivity index (χ0v) is 17.7. The van der Waals surface area contributed by atoms with Gasteiger partial charge >= 0.3 is 6.03 Å². The lowest BCUT2D eigenvalue weighted by Crippen LogP contribution is -2.46. The van der Waals surface area contributed by atoms with Gasteiger partial charge in [-0.1, -0.05) is 0 Å². The third-order valence-corrected chi connectivity index (χ3v) is 6.19. The van der Waals surface area contributed by atoms with Crippen molar-refractivity contribution in [3.63, 3.8) is 0 Å². The van der Waals surface area contributed by atoms with Gasteiger partial charge in [0.2, 0.25) is 5.91 Å². The largest absolute Gasteiger partial charge is 0.497 e. The number of urea groups is 1. The molecule has 1 aromatic carbocycles. The number of nitrogens with zero attached hydrogens (tertiary/aromatic N) is 2. The molecule has 9 nitrogen and oxygen atoms in total. The van der Waals surface area contributed by atoms with Crippen molar-refractivity contribution in [1.82, 2.24) is 15.2 Å². The molecule has 0 bridgehead atoms. The Morgan fingerprint density at radius 1 is 1.33 bits per heavy atom. The zero-order valence-electron chi connectivity index (χ0n) is 16.9. The quantitative estimate of drug-likeness (QED) is 0.653. The fraction of sp³-hybridized carbons (Fsp3) is 0.400. The van der Waals surface area contributed by atoms with E-state index >= 15 is 0 Å². The molecule has 0 spiro atoms. The van der Waals surface area contributed by atoms with Crippen LogP contribution in [-0.4, -0.2) is 54.0 Å². The first kappa shape index (κ1) is 20.1. The zero-order chi connectivity index (χ0) is 21.5. The number of hydrogen-bond donors (Lipinski definition) is 2. The van der Waals surface area contributed by atoms with E-state index in [4.69, 9.17) is 9.47 Å². The van der Waals surface area contributed by atoms with Crippen LogP contribution in [0.5, 0.6) is 11.5 Å². The Bertz CT molecular complexity index is 1020. The summed E-state index contributed by atoms with van der Waals surface area (Å²) >= 11 is 1.24. The predicted octanol–water partition coefficient (Wildman–Crippen LogP) is 2.49. The second kappa shape index (κ2) is 7.60. The van der Waals surface area contributed by atoms with Gasteiger partial charge in [-0.25, -0.2) is 9.78 Å². The van der Waals surface area contributed by atoms with Crippen LogP contribution in [0.3, 0.4) is 0 Å². The minimum absolute atomic E-state index is 0.140. The van der Waals surface area contributed by atoms with E-state index in [1.807, 2.05) is 0 Å². The van der Waals surface area contributed by atoms with Crippen LogP contribution < -0.4 is 20.1 Å². The number of carbonyl (C=O) groups excluding carboxylic acids is 3. The highest BCUT2D eigenvalue weighted by atomic mass is 32.1. The molecule has 30 heavy (non-hydrogen) atoms. The van der Waals surface area contributed by atoms with E-state index in [0.717, 1.165) is 23.3 Å². The molecular formula is C20H22N4O5S. The number of carbonyl (C=O) groups is 3. The molecule has 4 rings (SSSR count). The fourth-order valence-corrected chi connectivity index (χ4v) is 4.29. The Morgan fingerprint density at radius 3 is 2.77 bits per heavy atom. The molecule has 2 aromatic rings. The summed E-state index contributed by atoms with van der Waals surface area (Å²) in [5, 5.41) is 7.53. The first-order chi connectivity index (χ1) is 14.4. The monoisotopic (exact) mass is 430 g/mol. The maximum Gasteiger partial charge on any atom is 0.325 e. The van der Waals surface area contributed by atoms with Gasteiger partial charge < -0.3 is 20.1 Å². The first-order valence-corrected chi connectivity index (χ1v) is 10.4. The topological polar surface area (TPSA) is 110 Å². The van der Waals surface area contributed by atoms with Crippen molar-refractivity contribution in [3.8, 4) is 22.8 Å². The SMILES string of the molecule is COc1ccc(OC)c(-c2csc(NC(=O)CN3C(=O)NC(C)(C4CC4)C3=O)n2)c1. The molecule has 2 heterocycles. The number of methoxy groups -OCH3 is 2. The number of amides is 4. The summed E-state index contributed by atoms with van der Waals surface area (Å²) < 4.78 is 10.6. The lowest BCUT2D eigenvalue weighted by Gasteiger charge is -2.20. The van der Waals surface area contributed by atoms with Crippen LogP contribution in [0.25, 0.3) is 11.3 Å². The Labute approximate surface area is 177 Å². The number of aromatic nitrogens is 1. The summed E-state index contributed by atoms with van der Waals surface area (Å²) in [7, 11) is 3.14. The molecule has 10 heteroatoms. The summed E-state index contributed by atoms with van der Waals surface area (Å²) in [5.41, 5.74) is 0.430. The second-order valence-corrected chi connectivity index (χ2v) is 8.31. The van der Waals surface area contributed by atoms with Gasteiger partial charge in [0.05, 0.1) is 19.9 Å². The summed E-state index contributed by atoms with van der Waals surface area (Å²) in [4.78, 5) is 42.7. The molecule has 0 radical (unpaired) electrons. The van der Waals surface area contributed by atoms with Crippen LogP contribution in [0, 0.1) is 5.92 Å². The van der Waals surface area contributed by atoms with Crippen molar-refractivity contribution in [2.24, 2.45) is 5.92 Å². The van der Waals surface area contributed by atoms with E-state index < -0.39 is 17.5 Å². The Hall–Kier alpha value is -3.14. The van der Waals surface area contributed by atoms with Gasteiger partial charge in [-0.15, -0.1) is 11.3 Å². The van der Waals surface area contributed by atoms with Crippen LogP contribution in [0.2, 0.25) is 0 Å². The second-order valence-electron chi connectivity index (χ2n) is 7.45. The van der Waals surface area contributed by atoms with E-state index in [-0.39, 0.29) is 18.4 Å². The minimum Gasteiger partial charge on any atom is -0.497 e. The molecule has 4 amide bonds. The first-order valence-electron chi connectivity index (χ1n) is 9.47. The van der Waals surface area contributed by atoms with Gasteiger partial charge in [-0.2, -0.15) is 0 Å². The highest BCUT2D eigenvalue weighted by molar-refractivity contribution is 7.14. The van der Waals surface area contributed by atoms with E-state index in [2.05, 4.69) is 15.6 Å². The molecule has 158 valence electrons. The lowest BCUT2D eigenvalue weighted by atomic mass is 9.96. The number of nitrogens with one attached hydrogen (secondary N) is 2. The molecule has 1 aromatic heterocycles.